The summed E-state index contributed by atoms with van der Waals surface area (Å²) in [6, 6.07) is 0. The fraction of sp³-hybridized carbons (Fsp3) is 0.636. The normalized spacial score (nSPS) is 23.6. The van der Waals surface area contributed by atoms with E-state index < -0.39 is 6.10 Å². The van der Waals surface area contributed by atoms with Crippen molar-refractivity contribution >= 4 is 5.91 Å². The Kier molecular flexibility index (Phi) is 2.81. The summed E-state index contributed by atoms with van der Waals surface area (Å²) in [5, 5.41) is 18.1. The number of nitrogens with zero attached hydrogens (tertiary/aromatic N) is 3. The molecule has 0 fully saturated rings. The first-order valence-electron chi connectivity index (χ1n) is 6.05. The lowest BCUT2D eigenvalue weighted by Gasteiger charge is -2.19. The first kappa shape index (κ1) is 11.6. The minimum atomic E-state index is -0.436. The molecular formula is C11H16N4O3. The maximum Gasteiger partial charge on any atom is 0.295 e. The molecule has 0 saturated heterocycles. The number of aromatic nitrogens is 2. The van der Waals surface area contributed by atoms with Crippen molar-refractivity contribution in [1.82, 2.24) is 20.2 Å². The minimum Gasteiger partial charge on any atom is -0.393 e. The van der Waals surface area contributed by atoms with Crippen molar-refractivity contribution < 1.29 is 14.7 Å². The topological polar surface area (TPSA) is 79.6 Å². The van der Waals surface area contributed by atoms with Gasteiger partial charge in [0.15, 0.2) is 0 Å². The van der Waals surface area contributed by atoms with Gasteiger partial charge in [-0.05, 0) is 0 Å². The number of aliphatic hydroxyl groups is 1. The van der Waals surface area contributed by atoms with Crippen LogP contribution in [0.2, 0.25) is 0 Å². The molecule has 1 aromatic rings. The summed E-state index contributed by atoms with van der Waals surface area (Å²) in [5.41, 5.74) is 2.51. The number of amides is 1. The van der Waals surface area contributed by atoms with Gasteiger partial charge < -0.3 is 10.4 Å². The SMILES string of the molecule is CN1O[C@@H](CO)Cn2nc3c(c2C1=O)CNCC3. The van der Waals surface area contributed by atoms with E-state index in [1.165, 1.54) is 5.06 Å². The highest BCUT2D eigenvalue weighted by molar-refractivity contribution is 5.93. The van der Waals surface area contributed by atoms with Gasteiger partial charge in [-0.3, -0.25) is 14.3 Å². The highest BCUT2D eigenvalue weighted by Gasteiger charge is 2.32. The van der Waals surface area contributed by atoms with E-state index >= 15 is 0 Å². The molecule has 7 nitrogen and oxygen atoms in total. The van der Waals surface area contributed by atoms with Crippen molar-refractivity contribution in [3.8, 4) is 0 Å². The van der Waals surface area contributed by atoms with Gasteiger partial charge in [0.1, 0.15) is 11.8 Å². The molecule has 0 spiro atoms. The van der Waals surface area contributed by atoms with Crippen molar-refractivity contribution in [2.24, 2.45) is 0 Å². The molecule has 2 aliphatic rings. The monoisotopic (exact) mass is 252 g/mol. The number of hydrogen-bond donors (Lipinski definition) is 2. The van der Waals surface area contributed by atoms with Gasteiger partial charge in [-0.15, -0.1) is 0 Å². The van der Waals surface area contributed by atoms with E-state index in [1.807, 2.05) is 0 Å². The zero-order valence-electron chi connectivity index (χ0n) is 10.2. The molecule has 2 N–H and O–H groups in total. The summed E-state index contributed by atoms with van der Waals surface area (Å²) in [5.74, 6) is -0.205. The average Bonchev–Trinajstić information content (AvgIpc) is 2.69. The minimum absolute atomic E-state index is 0.139. The summed E-state index contributed by atoms with van der Waals surface area (Å²) in [4.78, 5) is 17.6. The van der Waals surface area contributed by atoms with Gasteiger partial charge >= 0.3 is 0 Å². The molecule has 2 aliphatic heterocycles. The largest absolute Gasteiger partial charge is 0.393 e. The van der Waals surface area contributed by atoms with Crippen molar-refractivity contribution in [3.05, 3.63) is 17.0 Å². The molecule has 1 aromatic heterocycles. The van der Waals surface area contributed by atoms with Crippen LogP contribution in [0, 0.1) is 0 Å². The van der Waals surface area contributed by atoms with Crippen LogP contribution in [-0.2, 0) is 24.3 Å². The molecule has 1 atom stereocenters. The number of fused-ring (bicyclic) bond motifs is 3. The third-order valence-electron chi connectivity index (χ3n) is 3.35. The Bertz CT molecular complexity index is 485. The van der Waals surface area contributed by atoms with Gasteiger partial charge in [-0.2, -0.15) is 5.10 Å². The van der Waals surface area contributed by atoms with Crippen LogP contribution >= 0.6 is 0 Å². The van der Waals surface area contributed by atoms with E-state index in [0.29, 0.717) is 18.8 Å². The molecule has 3 rings (SSSR count). The van der Waals surface area contributed by atoms with Crippen LogP contribution in [0.4, 0.5) is 0 Å². The first-order chi connectivity index (χ1) is 8.70. The molecule has 98 valence electrons. The molecule has 0 bridgehead atoms. The molecule has 0 saturated carbocycles. The number of rotatable bonds is 1. The molecule has 0 unspecified atom stereocenters. The lowest BCUT2D eigenvalue weighted by molar-refractivity contribution is -0.159. The molecule has 0 aromatic carbocycles. The second-order valence-corrected chi connectivity index (χ2v) is 4.60. The zero-order valence-corrected chi connectivity index (χ0v) is 10.2. The van der Waals surface area contributed by atoms with Gasteiger partial charge in [-0.1, -0.05) is 0 Å². The summed E-state index contributed by atoms with van der Waals surface area (Å²) in [6.07, 6.45) is 0.395. The standard InChI is InChI=1S/C11H16N4O3/c1-14-11(17)10-8-4-12-3-2-9(8)13-15(10)5-7(6-16)18-14/h7,12,16H,2-6H2,1H3/t7-/m1/s1. The molecule has 0 aliphatic carbocycles. The Morgan fingerprint density at radius 3 is 3.22 bits per heavy atom. The molecular weight excluding hydrogens is 236 g/mol. The number of carbonyl (C=O) groups excluding carboxylic acids is 1. The molecule has 7 heteroatoms. The molecule has 1 amide bonds. The summed E-state index contributed by atoms with van der Waals surface area (Å²) in [7, 11) is 1.57. The van der Waals surface area contributed by atoms with E-state index in [1.54, 1.807) is 11.7 Å². The maximum absolute atomic E-state index is 12.3. The van der Waals surface area contributed by atoms with Crippen molar-refractivity contribution in [2.45, 2.75) is 25.6 Å². The number of hydrogen-bond acceptors (Lipinski definition) is 5. The fourth-order valence-corrected chi connectivity index (χ4v) is 2.46. The van der Waals surface area contributed by atoms with E-state index in [2.05, 4.69) is 10.4 Å². The third kappa shape index (κ3) is 1.71. The number of aliphatic hydroxyl groups excluding tert-OH is 1. The maximum atomic E-state index is 12.3. The van der Waals surface area contributed by atoms with Gasteiger partial charge in [-0.25, -0.2) is 5.06 Å². The first-order valence-corrected chi connectivity index (χ1v) is 6.05. The summed E-state index contributed by atoms with van der Waals surface area (Å²) < 4.78 is 1.67. The Morgan fingerprint density at radius 1 is 1.61 bits per heavy atom. The zero-order chi connectivity index (χ0) is 12.7. The van der Waals surface area contributed by atoms with E-state index in [0.717, 1.165) is 24.2 Å². The van der Waals surface area contributed by atoms with Crippen LogP contribution < -0.4 is 5.32 Å². The second kappa shape index (κ2) is 4.34. The van der Waals surface area contributed by atoms with Crippen LogP contribution in [0.15, 0.2) is 0 Å². The lowest BCUT2D eigenvalue weighted by Crippen LogP contribution is -2.33. The van der Waals surface area contributed by atoms with Crippen LogP contribution in [0.5, 0.6) is 0 Å². The second-order valence-electron chi connectivity index (χ2n) is 4.60. The Morgan fingerprint density at radius 2 is 2.44 bits per heavy atom. The fourth-order valence-electron chi connectivity index (χ4n) is 2.46. The molecule has 3 heterocycles. The molecule has 0 radical (unpaired) electrons. The Labute approximate surface area is 104 Å². The van der Waals surface area contributed by atoms with E-state index in [-0.39, 0.29) is 12.5 Å². The van der Waals surface area contributed by atoms with Crippen LogP contribution in [-0.4, -0.2) is 52.2 Å². The smallest absolute Gasteiger partial charge is 0.295 e. The van der Waals surface area contributed by atoms with E-state index in [4.69, 9.17) is 4.84 Å². The van der Waals surface area contributed by atoms with Crippen molar-refractivity contribution in [2.75, 3.05) is 20.2 Å². The highest BCUT2D eigenvalue weighted by Crippen LogP contribution is 2.22. The number of hydroxylamine groups is 2. The number of nitrogens with one attached hydrogen (secondary N) is 1. The van der Waals surface area contributed by atoms with Crippen molar-refractivity contribution in [3.63, 3.8) is 0 Å². The van der Waals surface area contributed by atoms with Crippen LogP contribution in [0.1, 0.15) is 21.7 Å². The predicted molar refractivity (Wildman–Crippen MR) is 61.7 cm³/mol. The summed E-state index contributed by atoms with van der Waals surface area (Å²) >= 11 is 0. The number of carbonyl (C=O) groups is 1. The van der Waals surface area contributed by atoms with Gasteiger partial charge in [0, 0.05) is 32.1 Å². The lowest BCUT2D eigenvalue weighted by atomic mass is 10.1. The van der Waals surface area contributed by atoms with Crippen molar-refractivity contribution in [1.29, 1.82) is 0 Å². The predicted octanol–water partition coefficient (Wildman–Crippen LogP) is -1.09. The average molecular weight is 252 g/mol. The van der Waals surface area contributed by atoms with E-state index in [9.17, 15) is 9.90 Å². The van der Waals surface area contributed by atoms with Gasteiger partial charge in [0.25, 0.3) is 5.91 Å². The van der Waals surface area contributed by atoms with Crippen LogP contribution in [0.3, 0.4) is 0 Å². The quantitative estimate of drug-likeness (QED) is 0.663. The highest BCUT2D eigenvalue weighted by atomic mass is 16.7. The van der Waals surface area contributed by atoms with Gasteiger partial charge in [0.05, 0.1) is 18.8 Å². The Balaban J connectivity index is 2.07. The summed E-state index contributed by atoms with van der Waals surface area (Å²) in [6.45, 7) is 1.80. The van der Waals surface area contributed by atoms with Gasteiger partial charge in [0.2, 0.25) is 0 Å². The third-order valence-corrected chi connectivity index (χ3v) is 3.35. The Hall–Kier alpha value is -1.44. The molecule has 18 heavy (non-hydrogen) atoms. The van der Waals surface area contributed by atoms with Crippen LogP contribution in [0.25, 0.3) is 0 Å².